The molecule has 0 bridgehead atoms. The van der Waals surface area contributed by atoms with E-state index in [-0.39, 0.29) is 11.8 Å². The third-order valence-corrected chi connectivity index (χ3v) is 4.11. The number of carbonyl (C=O) groups excluding carboxylic acids is 1. The summed E-state index contributed by atoms with van der Waals surface area (Å²) in [6, 6.07) is 3.93. The number of nitrogens with zero attached hydrogens (tertiary/aromatic N) is 4. The van der Waals surface area contributed by atoms with Crippen molar-refractivity contribution in [2.45, 2.75) is 32.1 Å². The van der Waals surface area contributed by atoms with Gasteiger partial charge in [0.25, 0.3) is 0 Å². The Bertz CT molecular complexity index is 623. The molecule has 6 nitrogen and oxygen atoms in total. The molecule has 1 fully saturated rings. The Morgan fingerprint density at radius 3 is 2.81 bits per heavy atom. The second-order valence-electron chi connectivity index (χ2n) is 5.47. The summed E-state index contributed by atoms with van der Waals surface area (Å²) in [7, 11) is 1.96. The molecule has 6 heteroatoms. The summed E-state index contributed by atoms with van der Waals surface area (Å²) in [6.45, 7) is 3.46. The smallest absolute Gasteiger partial charge is 0.230 e. The predicted molar refractivity (Wildman–Crippen MR) is 77.6 cm³/mol. The molecule has 0 aliphatic carbocycles. The van der Waals surface area contributed by atoms with E-state index in [1.54, 1.807) is 0 Å². The van der Waals surface area contributed by atoms with Gasteiger partial charge in [-0.05, 0) is 25.0 Å². The molecule has 1 aliphatic heterocycles. The van der Waals surface area contributed by atoms with E-state index in [2.05, 4.69) is 10.1 Å². The molecule has 21 heavy (non-hydrogen) atoms. The van der Waals surface area contributed by atoms with Crippen molar-refractivity contribution in [2.24, 2.45) is 7.05 Å². The van der Waals surface area contributed by atoms with Gasteiger partial charge in [-0.15, -0.1) is 0 Å². The lowest BCUT2D eigenvalue weighted by Crippen LogP contribution is -2.37. The minimum absolute atomic E-state index is 0.225. The van der Waals surface area contributed by atoms with E-state index in [0.29, 0.717) is 18.1 Å². The lowest BCUT2D eigenvalue weighted by Gasteiger charge is -2.30. The highest BCUT2D eigenvalue weighted by molar-refractivity contribution is 5.75. The van der Waals surface area contributed by atoms with Gasteiger partial charge in [0.05, 0.1) is 5.69 Å². The summed E-state index contributed by atoms with van der Waals surface area (Å²) in [4.78, 5) is 18.1. The van der Waals surface area contributed by atoms with Crippen LogP contribution in [-0.2, 0) is 11.8 Å². The zero-order valence-electron chi connectivity index (χ0n) is 12.5. The van der Waals surface area contributed by atoms with Gasteiger partial charge in [-0.1, -0.05) is 12.1 Å². The minimum atomic E-state index is 0.225. The maximum atomic E-state index is 11.7. The number of piperidine rings is 1. The van der Waals surface area contributed by atoms with E-state index in [1.807, 2.05) is 41.8 Å². The van der Waals surface area contributed by atoms with Gasteiger partial charge in [0.2, 0.25) is 17.6 Å². The van der Waals surface area contributed by atoms with Crippen LogP contribution in [0.15, 0.2) is 22.9 Å². The summed E-state index contributed by atoms with van der Waals surface area (Å²) in [6.07, 6.45) is 4.31. The molecular formula is C15H20N4O2. The van der Waals surface area contributed by atoms with E-state index in [1.165, 1.54) is 0 Å². The first-order valence-electron chi connectivity index (χ1n) is 7.42. The highest BCUT2D eigenvalue weighted by Gasteiger charge is 2.27. The number of rotatable bonds is 3. The number of carbonyl (C=O) groups is 1. The fourth-order valence-corrected chi connectivity index (χ4v) is 2.80. The molecule has 0 aromatic carbocycles. The summed E-state index contributed by atoms with van der Waals surface area (Å²) in [5.74, 6) is 1.80. The molecule has 0 atom stereocenters. The third-order valence-electron chi connectivity index (χ3n) is 4.11. The number of hydrogen-bond donors (Lipinski definition) is 0. The molecule has 1 aliphatic rings. The van der Waals surface area contributed by atoms with E-state index in [4.69, 9.17) is 4.52 Å². The van der Waals surface area contributed by atoms with Gasteiger partial charge < -0.3 is 14.0 Å². The molecule has 0 radical (unpaired) electrons. The Morgan fingerprint density at radius 2 is 2.19 bits per heavy atom. The van der Waals surface area contributed by atoms with Crippen LogP contribution in [0.5, 0.6) is 0 Å². The first-order valence-corrected chi connectivity index (χ1v) is 7.42. The van der Waals surface area contributed by atoms with Crippen molar-refractivity contribution in [3.05, 3.63) is 24.2 Å². The molecule has 3 rings (SSSR count). The first kappa shape index (κ1) is 13.9. The maximum absolute atomic E-state index is 11.7. The highest BCUT2D eigenvalue weighted by atomic mass is 16.5. The molecule has 1 amide bonds. The molecule has 2 aromatic rings. The van der Waals surface area contributed by atoms with Crippen molar-refractivity contribution in [3.8, 4) is 11.5 Å². The monoisotopic (exact) mass is 288 g/mol. The molecule has 0 spiro atoms. The number of aromatic nitrogens is 3. The second-order valence-corrected chi connectivity index (χ2v) is 5.47. The van der Waals surface area contributed by atoms with Gasteiger partial charge in [0.15, 0.2) is 0 Å². The number of aryl methyl sites for hydroxylation is 1. The van der Waals surface area contributed by atoms with E-state index < -0.39 is 0 Å². The van der Waals surface area contributed by atoms with Gasteiger partial charge in [0, 0.05) is 38.7 Å². The summed E-state index contributed by atoms with van der Waals surface area (Å²) < 4.78 is 7.40. The quantitative estimate of drug-likeness (QED) is 0.868. The van der Waals surface area contributed by atoms with Gasteiger partial charge >= 0.3 is 0 Å². The van der Waals surface area contributed by atoms with Crippen molar-refractivity contribution in [1.82, 2.24) is 19.6 Å². The number of likely N-dealkylation sites (tertiary alicyclic amines) is 1. The van der Waals surface area contributed by atoms with Crippen molar-refractivity contribution in [1.29, 1.82) is 0 Å². The van der Waals surface area contributed by atoms with Crippen LogP contribution in [0.25, 0.3) is 11.5 Å². The van der Waals surface area contributed by atoms with Gasteiger partial charge in [0.1, 0.15) is 0 Å². The maximum Gasteiger partial charge on any atom is 0.230 e. The number of hydrogen-bond acceptors (Lipinski definition) is 4. The standard InChI is InChI=1S/C15H20N4O2/c1-3-13(20)19-9-6-11(7-10-19)15-16-14(17-21-15)12-5-4-8-18(12)2/h4-5,8,11H,3,6-7,9-10H2,1-2H3. The SMILES string of the molecule is CCC(=O)N1CCC(c2nc(-c3cccn3C)no2)CC1. The van der Waals surface area contributed by atoms with Crippen LogP contribution in [0.1, 0.15) is 38.0 Å². The zero-order chi connectivity index (χ0) is 14.8. The van der Waals surface area contributed by atoms with E-state index >= 15 is 0 Å². The van der Waals surface area contributed by atoms with Crippen LogP contribution in [0.3, 0.4) is 0 Å². The average molecular weight is 288 g/mol. The molecule has 112 valence electrons. The van der Waals surface area contributed by atoms with Crippen LogP contribution in [0, 0.1) is 0 Å². The van der Waals surface area contributed by atoms with Crippen molar-refractivity contribution < 1.29 is 9.32 Å². The van der Waals surface area contributed by atoms with Crippen LogP contribution >= 0.6 is 0 Å². The third kappa shape index (κ3) is 2.70. The molecule has 3 heterocycles. The van der Waals surface area contributed by atoms with Crippen LogP contribution in [0.4, 0.5) is 0 Å². The molecule has 0 N–H and O–H groups in total. The Labute approximate surface area is 123 Å². The fourth-order valence-electron chi connectivity index (χ4n) is 2.80. The molecule has 2 aromatic heterocycles. The topological polar surface area (TPSA) is 64.2 Å². The lowest BCUT2D eigenvalue weighted by atomic mass is 9.96. The average Bonchev–Trinajstić information content (AvgIpc) is 3.15. The highest BCUT2D eigenvalue weighted by Crippen LogP contribution is 2.28. The van der Waals surface area contributed by atoms with Gasteiger partial charge in [-0.3, -0.25) is 4.79 Å². The van der Waals surface area contributed by atoms with Crippen LogP contribution < -0.4 is 0 Å². The van der Waals surface area contributed by atoms with Crippen molar-refractivity contribution in [3.63, 3.8) is 0 Å². The van der Waals surface area contributed by atoms with Gasteiger partial charge in [-0.2, -0.15) is 4.98 Å². The Hall–Kier alpha value is -2.11. The van der Waals surface area contributed by atoms with Crippen molar-refractivity contribution >= 4 is 5.91 Å². The largest absolute Gasteiger partial charge is 0.348 e. The van der Waals surface area contributed by atoms with Crippen molar-refractivity contribution in [2.75, 3.05) is 13.1 Å². The van der Waals surface area contributed by atoms with E-state index in [9.17, 15) is 4.79 Å². The van der Waals surface area contributed by atoms with Crippen LogP contribution in [-0.4, -0.2) is 38.6 Å². The second kappa shape index (κ2) is 5.71. The molecular weight excluding hydrogens is 268 g/mol. The zero-order valence-corrected chi connectivity index (χ0v) is 12.5. The summed E-state index contributed by atoms with van der Waals surface area (Å²) >= 11 is 0. The Kier molecular flexibility index (Phi) is 3.77. The lowest BCUT2D eigenvalue weighted by molar-refractivity contribution is -0.131. The fraction of sp³-hybridized carbons (Fsp3) is 0.533. The summed E-state index contributed by atoms with van der Waals surface area (Å²) in [5.41, 5.74) is 0.948. The minimum Gasteiger partial charge on any atom is -0.348 e. The first-order chi connectivity index (χ1) is 10.2. The Balaban J connectivity index is 1.68. The Morgan fingerprint density at radius 1 is 1.43 bits per heavy atom. The molecule has 1 saturated heterocycles. The molecule has 0 saturated carbocycles. The summed E-state index contributed by atoms with van der Waals surface area (Å²) in [5, 5.41) is 4.08. The van der Waals surface area contributed by atoms with Crippen LogP contribution in [0.2, 0.25) is 0 Å². The van der Waals surface area contributed by atoms with Gasteiger partial charge in [-0.25, -0.2) is 0 Å². The molecule has 0 unspecified atom stereocenters. The normalized spacial score (nSPS) is 16.4. The van der Waals surface area contributed by atoms with E-state index in [0.717, 1.165) is 31.6 Å². The predicted octanol–water partition coefficient (Wildman–Crippen LogP) is 2.19. The number of amides is 1.